The highest BCUT2D eigenvalue weighted by atomic mass is 16.6. The molecule has 9 heteroatoms. The van der Waals surface area contributed by atoms with E-state index < -0.39 is 12.1 Å². The molecule has 0 saturated carbocycles. The van der Waals surface area contributed by atoms with Crippen LogP contribution in [0.4, 0.5) is 4.79 Å². The molecule has 9 nitrogen and oxygen atoms in total. The van der Waals surface area contributed by atoms with Crippen molar-refractivity contribution in [3.05, 3.63) is 24.0 Å². The number of nitrogens with zero attached hydrogens (tertiary/aromatic N) is 4. The molecule has 138 valence electrons. The number of hydrogen-bond donors (Lipinski definition) is 1. The summed E-state index contributed by atoms with van der Waals surface area (Å²) >= 11 is 0. The number of hydrogen-bond acceptors (Lipinski definition) is 6. The minimum absolute atomic E-state index is 0.0829. The molecular formula is C17H21N5O4. The van der Waals surface area contributed by atoms with Gasteiger partial charge in [-0.1, -0.05) is 0 Å². The van der Waals surface area contributed by atoms with Gasteiger partial charge in [0.15, 0.2) is 5.69 Å². The third-order valence-electron chi connectivity index (χ3n) is 5.40. The van der Waals surface area contributed by atoms with E-state index in [9.17, 15) is 14.4 Å². The fraction of sp³-hybridized carbons (Fsp3) is 0.588. The maximum absolute atomic E-state index is 12.8. The van der Waals surface area contributed by atoms with Gasteiger partial charge < -0.3 is 19.9 Å². The number of fused-ring (bicyclic) bond motifs is 1. The summed E-state index contributed by atoms with van der Waals surface area (Å²) in [4.78, 5) is 40.2. The van der Waals surface area contributed by atoms with Crippen LogP contribution in [-0.2, 0) is 9.53 Å². The summed E-state index contributed by atoms with van der Waals surface area (Å²) in [5.41, 5.74) is 0.359. The van der Waals surface area contributed by atoms with Crippen molar-refractivity contribution in [3.8, 4) is 0 Å². The first-order valence-electron chi connectivity index (χ1n) is 8.94. The number of nitrogens with one attached hydrogen (secondary N) is 1. The van der Waals surface area contributed by atoms with Gasteiger partial charge in [-0.15, -0.1) is 5.10 Å². The van der Waals surface area contributed by atoms with Crippen molar-refractivity contribution in [3.63, 3.8) is 0 Å². The molecule has 0 aliphatic carbocycles. The summed E-state index contributed by atoms with van der Waals surface area (Å²) in [6, 6.07) is 2.90. The van der Waals surface area contributed by atoms with Gasteiger partial charge >= 0.3 is 6.09 Å². The summed E-state index contributed by atoms with van der Waals surface area (Å²) in [5, 5.41) is 10.3. The van der Waals surface area contributed by atoms with Gasteiger partial charge in [0, 0.05) is 31.9 Å². The Hall–Kier alpha value is -2.71. The molecule has 3 aliphatic rings. The first kappa shape index (κ1) is 16.7. The third kappa shape index (κ3) is 3.09. The minimum atomic E-state index is -0.597. The smallest absolute Gasteiger partial charge is 0.407 e. The van der Waals surface area contributed by atoms with E-state index in [4.69, 9.17) is 4.74 Å². The Morgan fingerprint density at radius 2 is 2.15 bits per heavy atom. The molecule has 4 heterocycles. The molecule has 3 saturated heterocycles. The number of cyclic esters (lactones) is 1. The number of rotatable bonds is 2. The number of amides is 3. The fourth-order valence-electron chi connectivity index (χ4n) is 4.16. The first-order valence-corrected chi connectivity index (χ1v) is 8.94. The van der Waals surface area contributed by atoms with Gasteiger partial charge in [0.1, 0.15) is 12.6 Å². The number of ether oxygens (including phenoxy) is 1. The first-order chi connectivity index (χ1) is 12.6. The molecule has 2 unspecified atom stereocenters. The van der Waals surface area contributed by atoms with Crippen LogP contribution >= 0.6 is 0 Å². The van der Waals surface area contributed by atoms with Crippen LogP contribution in [0.25, 0.3) is 0 Å². The number of carbonyl (C=O) groups is 3. The van der Waals surface area contributed by atoms with Crippen molar-refractivity contribution in [2.75, 3.05) is 26.2 Å². The minimum Gasteiger partial charge on any atom is -0.447 e. The largest absolute Gasteiger partial charge is 0.447 e. The lowest BCUT2D eigenvalue weighted by atomic mass is 9.83. The number of carbonyl (C=O) groups excluding carboxylic acids is 3. The van der Waals surface area contributed by atoms with E-state index in [2.05, 4.69) is 15.5 Å². The highest BCUT2D eigenvalue weighted by Gasteiger charge is 2.42. The van der Waals surface area contributed by atoms with Crippen LogP contribution in [0.15, 0.2) is 18.3 Å². The van der Waals surface area contributed by atoms with Crippen molar-refractivity contribution >= 4 is 17.9 Å². The van der Waals surface area contributed by atoms with Crippen molar-refractivity contribution in [1.82, 2.24) is 25.3 Å². The Bertz CT molecular complexity index is 712. The van der Waals surface area contributed by atoms with Crippen LogP contribution in [0.3, 0.4) is 0 Å². The highest BCUT2D eigenvalue weighted by molar-refractivity contribution is 5.92. The van der Waals surface area contributed by atoms with Crippen molar-refractivity contribution in [2.45, 2.75) is 31.3 Å². The monoisotopic (exact) mass is 359 g/mol. The Balaban J connectivity index is 1.43. The molecule has 3 aliphatic heterocycles. The van der Waals surface area contributed by atoms with Crippen molar-refractivity contribution in [2.24, 2.45) is 5.92 Å². The molecule has 1 N–H and O–H groups in total. The zero-order valence-corrected chi connectivity index (χ0v) is 14.3. The molecular weight excluding hydrogens is 338 g/mol. The quantitative estimate of drug-likeness (QED) is 0.799. The van der Waals surface area contributed by atoms with E-state index in [1.54, 1.807) is 23.2 Å². The molecule has 0 spiro atoms. The van der Waals surface area contributed by atoms with Crippen LogP contribution in [0.2, 0.25) is 0 Å². The molecule has 3 atom stereocenters. The summed E-state index contributed by atoms with van der Waals surface area (Å²) in [6.07, 6.45) is 3.61. The summed E-state index contributed by atoms with van der Waals surface area (Å²) < 4.78 is 4.82. The summed E-state index contributed by atoms with van der Waals surface area (Å²) in [5.74, 6) is 0.0378. The number of aromatic nitrogens is 2. The van der Waals surface area contributed by atoms with E-state index in [-0.39, 0.29) is 30.4 Å². The van der Waals surface area contributed by atoms with Gasteiger partial charge in [-0.3, -0.25) is 9.59 Å². The standard InChI is InChI=1S/C17H21N5O4/c23-15(13-10-26-17(25)19-13)21-8-5-14-11(9-21)3-2-7-22(14)16(24)12-4-1-6-18-20-12/h1,4,6,11,13-14H,2-3,5,7-10H2,(H,19,25)/t11?,13-,14?/m0/s1. The van der Waals surface area contributed by atoms with Gasteiger partial charge in [0.2, 0.25) is 5.91 Å². The molecule has 0 aromatic carbocycles. The van der Waals surface area contributed by atoms with E-state index >= 15 is 0 Å². The molecule has 0 radical (unpaired) electrons. The molecule has 1 aromatic heterocycles. The number of likely N-dealkylation sites (tertiary alicyclic amines) is 2. The third-order valence-corrected chi connectivity index (χ3v) is 5.40. The topological polar surface area (TPSA) is 105 Å². The second kappa shape index (κ2) is 6.89. The maximum Gasteiger partial charge on any atom is 0.407 e. The molecule has 4 rings (SSSR count). The van der Waals surface area contributed by atoms with Crippen LogP contribution < -0.4 is 5.32 Å². The molecule has 3 amide bonds. The van der Waals surface area contributed by atoms with Crippen molar-refractivity contribution in [1.29, 1.82) is 0 Å². The Labute approximate surface area is 150 Å². The SMILES string of the molecule is O=C1N[C@H](C(=O)N2CCC3C(CCCN3C(=O)c3cccnn3)C2)CO1. The average Bonchev–Trinajstić information content (AvgIpc) is 3.13. The van der Waals surface area contributed by atoms with Crippen LogP contribution in [-0.4, -0.2) is 76.2 Å². The van der Waals surface area contributed by atoms with E-state index in [0.29, 0.717) is 25.3 Å². The van der Waals surface area contributed by atoms with Gasteiger partial charge in [-0.05, 0) is 37.3 Å². The number of alkyl carbamates (subject to hydrolysis) is 1. The Morgan fingerprint density at radius 1 is 1.27 bits per heavy atom. The van der Waals surface area contributed by atoms with E-state index in [0.717, 1.165) is 19.3 Å². The lowest BCUT2D eigenvalue weighted by molar-refractivity contribution is -0.136. The Kier molecular flexibility index (Phi) is 4.44. The molecule has 0 bridgehead atoms. The van der Waals surface area contributed by atoms with E-state index in [1.807, 2.05) is 4.90 Å². The molecule has 26 heavy (non-hydrogen) atoms. The number of piperidine rings is 2. The predicted molar refractivity (Wildman–Crippen MR) is 89.0 cm³/mol. The summed E-state index contributed by atoms with van der Waals surface area (Å²) in [7, 11) is 0. The molecule has 3 fully saturated rings. The zero-order valence-electron chi connectivity index (χ0n) is 14.3. The van der Waals surface area contributed by atoms with Crippen LogP contribution in [0.1, 0.15) is 29.8 Å². The predicted octanol–water partition coefficient (Wildman–Crippen LogP) is 0.0381. The summed E-state index contributed by atoms with van der Waals surface area (Å²) in [6.45, 7) is 1.95. The second-order valence-electron chi connectivity index (χ2n) is 6.95. The van der Waals surface area contributed by atoms with Crippen molar-refractivity contribution < 1.29 is 19.1 Å². The Morgan fingerprint density at radius 3 is 2.88 bits per heavy atom. The van der Waals surface area contributed by atoms with Crippen LogP contribution in [0.5, 0.6) is 0 Å². The lowest BCUT2D eigenvalue weighted by Crippen LogP contribution is -2.58. The van der Waals surface area contributed by atoms with E-state index in [1.165, 1.54) is 0 Å². The zero-order chi connectivity index (χ0) is 18.1. The average molecular weight is 359 g/mol. The van der Waals surface area contributed by atoms with Gasteiger partial charge in [-0.25, -0.2) is 4.79 Å². The van der Waals surface area contributed by atoms with Gasteiger partial charge in [0.05, 0.1) is 0 Å². The fourth-order valence-corrected chi connectivity index (χ4v) is 4.16. The lowest BCUT2D eigenvalue weighted by Gasteiger charge is -2.47. The normalized spacial score (nSPS) is 28.2. The second-order valence-corrected chi connectivity index (χ2v) is 6.95. The van der Waals surface area contributed by atoms with Gasteiger partial charge in [-0.2, -0.15) is 5.10 Å². The van der Waals surface area contributed by atoms with Crippen LogP contribution in [0, 0.1) is 5.92 Å². The highest BCUT2D eigenvalue weighted by Crippen LogP contribution is 2.31. The maximum atomic E-state index is 12.8. The van der Waals surface area contributed by atoms with Gasteiger partial charge in [0.25, 0.3) is 5.91 Å². The molecule has 1 aromatic rings.